The number of phenols is 1. The molecule has 0 saturated carbocycles. The molecule has 0 atom stereocenters. The molecule has 6 heteroatoms. The summed E-state index contributed by atoms with van der Waals surface area (Å²) in [6, 6.07) is 3.03. The number of phenolic OH excluding ortho intramolecular Hbond substituents is 1. The Morgan fingerprint density at radius 1 is 1.40 bits per heavy atom. The average Bonchev–Trinajstić information content (AvgIpc) is 2.28. The minimum atomic E-state index is -0.535. The monoisotopic (exact) mass is 317 g/mol. The van der Waals surface area contributed by atoms with Crippen LogP contribution in [0.2, 0.25) is 10.0 Å². The molecule has 0 aromatic heterocycles. The number of aromatic hydroxyl groups is 1. The quantitative estimate of drug-likeness (QED) is 0.876. The Balaban J connectivity index is 2.56. The number of hydrogen-bond donors (Lipinski definition) is 2. The Morgan fingerprint density at radius 3 is 2.65 bits per heavy atom. The normalized spacial score (nSPS) is 11.7. The number of amides is 1. The van der Waals surface area contributed by atoms with E-state index in [1.54, 1.807) is 39.0 Å². The number of nitrogens with one attached hydrogen (secondary N) is 1. The number of carbonyl (C=O) groups excluding carboxylic acids is 1. The number of alkyl carbamates (subject to hydrolysis) is 1. The average molecular weight is 318 g/mol. The molecule has 0 aliphatic carbocycles. The van der Waals surface area contributed by atoms with Crippen molar-refractivity contribution in [1.29, 1.82) is 0 Å². The molecule has 0 radical (unpaired) electrons. The molecule has 0 heterocycles. The van der Waals surface area contributed by atoms with Crippen LogP contribution in [0.5, 0.6) is 5.75 Å². The van der Waals surface area contributed by atoms with E-state index >= 15 is 0 Å². The van der Waals surface area contributed by atoms with E-state index in [-0.39, 0.29) is 17.3 Å². The van der Waals surface area contributed by atoms with Crippen molar-refractivity contribution in [2.45, 2.75) is 26.4 Å². The molecule has 0 unspecified atom stereocenters. The highest BCUT2D eigenvalue weighted by atomic mass is 35.5. The van der Waals surface area contributed by atoms with Gasteiger partial charge in [-0.3, -0.25) is 0 Å². The first-order valence-electron chi connectivity index (χ1n) is 6.00. The summed E-state index contributed by atoms with van der Waals surface area (Å²) in [5, 5.41) is 12.9. The number of carbonyl (C=O) groups is 1. The highest BCUT2D eigenvalue weighted by molar-refractivity contribution is 6.35. The van der Waals surface area contributed by atoms with Gasteiger partial charge in [0.2, 0.25) is 0 Å². The maximum atomic E-state index is 11.4. The van der Waals surface area contributed by atoms with Gasteiger partial charge in [0, 0.05) is 17.1 Å². The smallest absolute Gasteiger partial charge is 0.407 e. The van der Waals surface area contributed by atoms with E-state index in [9.17, 15) is 9.90 Å². The minimum absolute atomic E-state index is 0.0513. The van der Waals surface area contributed by atoms with Crippen molar-refractivity contribution in [2.75, 3.05) is 6.54 Å². The third kappa shape index (κ3) is 5.72. The van der Waals surface area contributed by atoms with Gasteiger partial charge in [-0.25, -0.2) is 4.79 Å². The van der Waals surface area contributed by atoms with Crippen molar-refractivity contribution in [1.82, 2.24) is 5.32 Å². The van der Waals surface area contributed by atoms with Crippen LogP contribution in [0.25, 0.3) is 6.08 Å². The fourth-order valence-electron chi connectivity index (χ4n) is 1.36. The van der Waals surface area contributed by atoms with Crippen LogP contribution in [0.1, 0.15) is 26.3 Å². The minimum Gasteiger partial charge on any atom is -0.506 e. The molecule has 0 aliphatic rings. The molecule has 1 amide bonds. The van der Waals surface area contributed by atoms with E-state index < -0.39 is 11.7 Å². The van der Waals surface area contributed by atoms with Crippen LogP contribution in [0, 0.1) is 0 Å². The highest BCUT2D eigenvalue weighted by Gasteiger charge is 2.15. The number of rotatable bonds is 3. The van der Waals surface area contributed by atoms with Crippen molar-refractivity contribution in [3.05, 3.63) is 33.8 Å². The molecule has 4 nitrogen and oxygen atoms in total. The lowest BCUT2D eigenvalue weighted by Crippen LogP contribution is -2.32. The summed E-state index contributed by atoms with van der Waals surface area (Å²) in [5.41, 5.74) is -0.0551. The summed E-state index contributed by atoms with van der Waals surface area (Å²) < 4.78 is 5.08. The molecule has 20 heavy (non-hydrogen) atoms. The predicted molar refractivity (Wildman–Crippen MR) is 81.4 cm³/mol. The first kappa shape index (κ1) is 16.7. The van der Waals surface area contributed by atoms with Crippen LogP contribution in [0.4, 0.5) is 4.79 Å². The second-order valence-electron chi connectivity index (χ2n) is 5.11. The lowest BCUT2D eigenvalue weighted by atomic mass is 10.2. The molecular weight excluding hydrogens is 301 g/mol. The molecule has 110 valence electrons. The summed E-state index contributed by atoms with van der Waals surface area (Å²) in [7, 11) is 0. The molecule has 0 fully saturated rings. The third-order valence-corrected chi connectivity index (χ3v) is 2.62. The van der Waals surface area contributed by atoms with Crippen LogP contribution in [-0.2, 0) is 4.74 Å². The topological polar surface area (TPSA) is 58.6 Å². The van der Waals surface area contributed by atoms with Gasteiger partial charge >= 0.3 is 6.09 Å². The van der Waals surface area contributed by atoms with Crippen LogP contribution >= 0.6 is 23.2 Å². The first-order chi connectivity index (χ1) is 9.19. The van der Waals surface area contributed by atoms with E-state index in [4.69, 9.17) is 27.9 Å². The summed E-state index contributed by atoms with van der Waals surface area (Å²) in [5.74, 6) is -0.0513. The Bertz CT molecular complexity index is 522. The van der Waals surface area contributed by atoms with Crippen molar-refractivity contribution in [2.24, 2.45) is 0 Å². The first-order valence-corrected chi connectivity index (χ1v) is 6.76. The van der Waals surface area contributed by atoms with Crippen molar-refractivity contribution >= 4 is 35.4 Å². The predicted octanol–water partition coefficient (Wildman–Crippen LogP) is 4.24. The van der Waals surface area contributed by atoms with Crippen LogP contribution in [0.15, 0.2) is 18.2 Å². The zero-order valence-electron chi connectivity index (χ0n) is 11.5. The zero-order chi connectivity index (χ0) is 15.3. The molecule has 0 spiro atoms. The van der Waals surface area contributed by atoms with Gasteiger partial charge in [0.15, 0.2) is 0 Å². The molecule has 1 aromatic rings. The molecule has 1 aromatic carbocycles. The SMILES string of the molecule is CC(C)(C)OC(=O)NCC=Cc1cc(Cl)cc(Cl)c1O. The van der Waals surface area contributed by atoms with Gasteiger partial charge in [0.05, 0.1) is 5.02 Å². The van der Waals surface area contributed by atoms with E-state index in [2.05, 4.69) is 5.32 Å². The molecule has 0 aliphatic heterocycles. The lowest BCUT2D eigenvalue weighted by Gasteiger charge is -2.19. The van der Waals surface area contributed by atoms with Gasteiger partial charge in [0.25, 0.3) is 0 Å². The van der Waals surface area contributed by atoms with Crippen molar-refractivity contribution < 1.29 is 14.6 Å². The van der Waals surface area contributed by atoms with Gasteiger partial charge < -0.3 is 15.2 Å². The van der Waals surface area contributed by atoms with Crippen molar-refractivity contribution in [3.8, 4) is 5.75 Å². The highest BCUT2D eigenvalue weighted by Crippen LogP contribution is 2.31. The fourth-order valence-corrected chi connectivity index (χ4v) is 1.86. The van der Waals surface area contributed by atoms with Gasteiger partial charge in [-0.15, -0.1) is 0 Å². The summed E-state index contributed by atoms with van der Waals surface area (Å²) in [6.45, 7) is 5.62. The van der Waals surface area contributed by atoms with Crippen LogP contribution in [-0.4, -0.2) is 23.3 Å². The fraction of sp³-hybridized carbons (Fsp3) is 0.357. The summed E-state index contributed by atoms with van der Waals surface area (Å²) >= 11 is 11.6. The van der Waals surface area contributed by atoms with E-state index in [0.29, 0.717) is 10.6 Å². The van der Waals surface area contributed by atoms with E-state index in [0.717, 1.165) is 0 Å². The summed E-state index contributed by atoms with van der Waals surface area (Å²) in [4.78, 5) is 11.4. The Morgan fingerprint density at radius 2 is 2.05 bits per heavy atom. The van der Waals surface area contributed by atoms with Crippen molar-refractivity contribution in [3.63, 3.8) is 0 Å². The third-order valence-electron chi connectivity index (χ3n) is 2.12. The number of halogens is 2. The molecule has 1 rings (SSSR count). The maximum Gasteiger partial charge on any atom is 0.407 e. The second-order valence-corrected chi connectivity index (χ2v) is 5.95. The Hall–Kier alpha value is -1.39. The lowest BCUT2D eigenvalue weighted by molar-refractivity contribution is 0.0534. The Kier molecular flexibility index (Phi) is 5.72. The molecule has 0 saturated heterocycles. The van der Waals surface area contributed by atoms with Crippen LogP contribution in [0.3, 0.4) is 0 Å². The molecule has 2 N–H and O–H groups in total. The van der Waals surface area contributed by atoms with E-state index in [1.807, 2.05) is 0 Å². The molecule has 0 bridgehead atoms. The van der Waals surface area contributed by atoms with Gasteiger partial charge in [-0.2, -0.15) is 0 Å². The maximum absolute atomic E-state index is 11.4. The van der Waals surface area contributed by atoms with E-state index in [1.165, 1.54) is 6.07 Å². The number of hydrogen-bond acceptors (Lipinski definition) is 3. The Labute approximate surface area is 128 Å². The van der Waals surface area contributed by atoms with Gasteiger partial charge in [-0.05, 0) is 32.9 Å². The second kappa shape index (κ2) is 6.86. The van der Waals surface area contributed by atoms with Gasteiger partial charge in [0.1, 0.15) is 11.4 Å². The summed E-state index contributed by atoms with van der Waals surface area (Å²) in [6.07, 6.45) is 2.77. The standard InChI is InChI=1S/C14H17Cl2NO3/c1-14(2,3)20-13(19)17-6-4-5-9-7-10(15)8-11(16)12(9)18/h4-5,7-8,18H,6H2,1-3H3,(H,17,19). The zero-order valence-corrected chi connectivity index (χ0v) is 13.0. The number of benzene rings is 1. The number of ether oxygens (including phenoxy) is 1. The largest absolute Gasteiger partial charge is 0.506 e. The van der Waals surface area contributed by atoms with Crippen LogP contribution < -0.4 is 5.32 Å². The molecular formula is C14H17Cl2NO3. The van der Waals surface area contributed by atoms with Gasteiger partial charge in [-0.1, -0.05) is 35.4 Å².